The lowest BCUT2D eigenvalue weighted by Crippen LogP contribution is -2.26. The summed E-state index contributed by atoms with van der Waals surface area (Å²) in [5, 5.41) is 8.76. The Hall–Kier alpha value is -1.19. The van der Waals surface area contributed by atoms with Crippen molar-refractivity contribution in [2.75, 3.05) is 0 Å². The fourth-order valence-corrected chi connectivity index (χ4v) is 0.480. The van der Waals surface area contributed by atoms with Crippen LogP contribution < -0.4 is 11.0 Å². The largest absolute Gasteiger partial charge is 0.508 e. The number of aromatic amines is 1. The van der Waals surface area contributed by atoms with E-state index in [1.807, 2.05) is 0 Å². The number of aromatic hydroxyl groups is 1. The number of rotatable bonds is 0. The lowest BCUT2D eigenvalue weighted by atomic mass is 9.97. The Morgan fingerprint density at radius 3 is 2.78 bits per heavy atom. The van der Waals surface area contributed by atoms with Gasteiger partial charge in [-0.05, 0) is 6.07 Å². The topological polar surface area (TPSA) is 53.1 Å². The lowest BCUT2D eigenvalue weighted by Gasteiger charge is -1.92. The van der Waals surface area contributed by atoms with Gasteiger partial charge in [0.15, 0.2) is 0 Å². The molecule has 0 aliphatic carbocycles. The Kier molecular flexibility index (Phi) is 1.30. The van der Waals surface area contributed by atoms with Crippen molar-refractivity contribution in [1.29, 1.82) is 0 Å². The van der Waals surface area contributed by atoms with E-state index < -0.39 is 5.56 Å². The molecule has 2 N–H and O–H groups in total. The Bertz CT molecular complexity index is 268. The highest BCUT2D eigenvalue weighted by Crippen LogP contribution is 1.93. The maximum Gasteiger partial charge on any atom is 0.244 e. The van der Waals surface area contributed by atoms with Crippen LogP contribution in [0.5, 0.6) is 5.75 Å². The molecule has 0 atom stereocenters. The summed E-state index contributed by atoms with van der Waals surface area (Å²) in [5.74, 6) is -0.182. The average molecular weight is 121 g/mol. The molecule has 0 aliphatic heterocycles. The summed E-state index contributed by atoms with van der Waals surface area (Å²) in [5.41, 5.74) is -0.604. The van der Waals surface area contributed by atoms with Gasteiger partial charge in [-0.3, -0.25) is 4.79 Å². The highest BCUT2D eigenvalue weighted by Gasteiger charge is 1.94. The van der Waals surface area contributed by atoms with Gasteiger partial charge in [0, 0.05) is 11.7 Å². The molecular formula is C5H4BNO2. The van der Waals surface area contributed by atoms with Crippen molar-refractivity contribution in [2.45, 2.75) is 0 Å². The van der Waals surface area contributed by atoms with Crippen LogP contribution in [0, 0.1) is 0 Å². The van der Waals surface area contributed by atoms with E-state index in [1.165, 1.54) is 12.3 Å². The summed E-state index contributed by atoms with van der Waals surface area (Å²) in [7, 11) is 5.09. The molecule has 0 fully saturated rings. The predicted molar refractivity (Wildman–Crippen MR) is 34.1 cm³/mol. The van der Waals surface area contributed by atoms with Gasteiger partial charge in [0.2, 0.25) is 5.56 Å². The number of hydrogen-bond donors (Lipinski definition) is 2. The summed E-state index contributed by atoms with van der Waals surface area (Å²) >= 11 is 0. The predicted octanol–water partition coefficient (Wildman–Crippen LogP) is -1.13. The normalized spacial score (nSPS) is 9.33. The number of nitrogens with one attached hydrogen (secondary N) is 1. The molecule has 4 heteroatoms. The standard InChI is InChI=1S/C5H4BNO2/c6-4-3(8)1-2-7-5(4)9/h1-2H,(H2,7,8,9). The molecule has 0 saturated heterocycles. The zero-order valence-electron chi connectivity index (χ0n) is 4.59. The van der Waals surface area contributed by atoms with Crippen molar-refractivity contribution in [2.24, 2.45) is 0 Å². The van der Waals surface area contributed by atoms with Gasteiger partial charge < -0.3 is 10.1 Å². The van der Waals surface area contributed by atoms with Crippen LogP contribution in [0.2, 0.25) is 0 Å². The number of pyridine rings is 1. The molecule has 0 aliphatic rings. The van der Waals surface area contributed by atoms with Crippen molar-refractivity contribution < 1.29 is 5.11 Å². The monoisotopic (exact) mass is 121 g/mol. The zero-order chi connectivity index (χ0) is 6.85. The molecule has 1 aromatic heterocycles. The van der Waals surface area contributed by atoms with E-state index in [2.05, 4.69) is 4.98 Å². The van der Waals surface area contributed by atoms with Crippen molar-refractivity contribution in [3.63, 3.8) is 0 Å². The van der Waals surface area contributed by atoms with Crippen LogP contribution in [0.3, 0.4) is 0 Å². The molecule has 1 heterocycles. The van der Waals surface area contributed by atoms with Crippen molar-refractivity contribution in [3.8, 4) is 5.75 Å². The van der Waals surface area contributed by atoms with Gasteiger partial charge in [-0.25, -0.2) is 0 Å². The smallest absolute Gasteiger partial charge is 0.244 e. The third kappa shape index (κ3) is 0.962. The van der Waals surface area contributed by atoms with Crippen LogP contribution >= 0.6 is 0 Å². The van der Waals surface area contributed by atoms with Crippen molar-refractivity contribution in [1.82, 2.24) is 4.98 Å². The third-order valence-corrected chi connectivity index (χ3v) is 0.976. The second-order valence-corrected chi connectivity index (χ2v) is 1.61. The zero-order valence-corrected chi connectivity index (χ0v) is 4.59. The molecule has 0 aromatic carbocycles. The van der Waals surface area contributed by atoms with E-state index >= 15 is 0 Å². The second kappa shape index (κ2) is 1.97. The van der Waals surface area contributed by atoms with Crippen molar-refractivity contribution >= 4 is 13.3 Å². The maximum atomic E-state index is 10.5. The first-order valence-electron chi connectivity index (χ1n) is 2.38. The van der Waals surface area contributed by atoms with Gasteiger partial charge in [-0.15, -0.1) is 0 Å². The fourth-order valence-electron chi connectivity index (χ4n) is 0.480. The van der Waals surface area contributed by atoms with Crippen LogP contribution in [0.15, 0.2) is 17.1 Å². The van der Waals surface area contributed by atoms with Crippen molar-refractivity contribution in [3.05, 3.63) is 22.6 Å². The Labute approximate surface area is 52.8 Å². The quantitative estimate of drug-likeness (QED) is 0.427. The highest BCUT2D eigenvalue weighted by atomic mass is 16.3. The maximum absolute atomic E-state index is 10.5. The summed E-state index contributed by atoms with van der Waals surface area (Å²) in [6.45, 7) is 0. The van der Waals surface area contributed by atoms with E-state index in [0.717, 1.165) is 0 Å². The van der Waals surface area contributed by atoms with E-state index in [4.69, 9.17) is 13.0 Å². The van der Waals surface area contributed by atoms with Gasteiger partial charge in [0.05, 0.1) is 0 Å². The summed E-state index contributed by atoms with van der Waals surface area (Å²) in [6, 6.07) is 1.32. The van der Waals surface area contributed by atoms with Crippen LogP contribution in [0.1, 0.15) is 0 Å². The summed E-state index contributed by atoms with van der Waals surface area (Å²) < 4.78 is 0. The molecule has 0 spiro atoms. The first kappa shape index (κ1) is 5.94. The number of hydrogen-bond acceptors (Lipinski definition) is 2. The van der Waals surface area contributed by atoms with Crippen LogP contribution in [0.4, 0.5) is 0 Å². The molecule has 9 heavy (non-hydrogen) atoms. The van der Waals surface area contributed by atoms with Crippen LogP contribution in [0.25, 0.3) is 0 Å². The Balaban J connectivity index is 3.43. The molecule has 0 bridgehead atoms. The fraction of sp³-hybridized carbons (Fsp3) is 0. The minimum absolute atomic E-state index is 0.141. The van der Waals surface area contributed by atoms with Crippen LogP contribution in [-0.4, -0.2) is 17.9 Å². The van der Waals surface area contributed by atoms with E-state index in [0.29, 0.717) is 0 Å². The molecular weight excluding hydrogens is 117 g/mol. The van der Waals surface area contributed by atoms with Gasteiger partial charge in [0.25, 0.3) is 0 Å². The molecule has 0 saturated carbocycles. The third-order valence-electron chi connectivity index (χ3n) is 0.976. The minimum Gasteiger partial charge on any atom is -0.508 e. The highest BCUT2D eigenvalue weighted by molar-refractivity contribution is 6.33. The van der Waals surface area contributed by atoms with Gasteiger partial charge in [0.1, 0.15) is 13.6 Å². The molecule has 3 nitrogen and oxygen atoms in total. The molecule has 44 valence electrons. The average Bonchev–Trinajstić information content (AvgIpc) is 1.83. The number of aromatic nitrogens is 1. The lowest BCUT2D eigenvalue weighted by molar-refractivity contribution is 0.478. The molecule has 1 rings (SSSR count). The molecule has 0 unspecified atom stereocenters. The number of H-pyrrole nitrogens is 1. The molecule has 1 aromatic rings. The van der Waals surface area contributed by atoms with E-state index in [9.17, 15) is 4.79 Å². The first-order valence-corrected chi connectivity index (χ1v) is 2.38. The Morgan fingerprint density at radius 1 is 1.67 bits per heavy atom. The minimum atomic E-state index is -0.463. The molecule has 2 radical (unpaired) electrons. The molecule has 0 amide bonds. The van der Waals surface area contributed by atoms with E-state index in [-0.39, 0.29) is 11.2 Å². The SMILES string of the molecule is [B]c1c(O)cc[nH]c1=O. The van der Waals surface area contributed by atoms with Gasteiger partial charge >= 0.3 is 0 Å². The Morgan fingerprint density at radius 2 is 2.33 bits per heavy atom. The second-order valence-electron chi connectivity index (χ2n) is 1.61. The van der Waals surface area contributed by atoms with E-state index in [1.54, 1.807) is 0 Å². The van der Waals surface area contributed by atoms with Crippen LogP contribution in [-0.2, 0) is 0 Å². The van der Waals surface area contributed by atoms with Gasteiger partial charge in [-0.2, -0.15) is 0 Å². The first-order chi connectivity index (χ1) is 4.22. The summed E-state index contributed by atoms with van der Waals surface area (Å²) in [6.07, 6.45) is 1.33. The van der Waals surface area contributed by atoms with Gasteiger partial charge in [-0.1, -0.05) is 0 Å². The summed E-state index contributed by atoms with van der Waals surface area (Å²) in [4.78, 5) is 12.8.